The Morgan fingerprint density at radius 1 is 1.28 bits per heavy atom. The van der Waals surface area contributed by atoms with Gasteiger partial charge in [0.15, 0.2) is 0 Å². The van der Waals surface area contributed by atoms with Gasteiger partial charge in [-0.05, 0) is 43.6 Å². The zero-order valence-corrected chi connectivity index (χ0v) is 14.5. The van der Waals surface area contributed by atoms with Crippen molar-refractivity contribution in [1.82, 2.24) is 19.7 Å². The summed E-state index contributed by atoms with van der Waals surface area (Å²) in [5, 5.41) is 4.60. The standard InChI is InChI=1S/C18H23N5O2/c1-25-16-5-8-19-18(20-16)22-9-6-13(7-10-22)12-23-17(24)11-14-3-2-4-15(14)21-23/h5,8,11,13H,2-4,6-7,9-10,12H2,1H3. The topological polar surface area (TPSA) is 73.1 Å². The van der Waals surface area contributed by atoms with Gasteiger partial charge in [0.2, 0.25) is 11.8 Å². The average molecular weight is 341 g/mol. The maximum Gasteiger partial charge on any atom is 0.267 e. The molecule has 0 bridgehead atoms. The van der Waals surface area contributed by atoms with Crippen LogP contribution in [0.3, 0.4) is 0 Å². The van der Waals surface area contributed by atoms with Crippen molar-refractivity contribution in [2.75, 3.05) is 25.1 Å². The lowest BCUT2D eigenvalue weighted by atomic mass is 9.97. The van der Waals surface area contributed by atoms with Crippen molar-refractivity contribution in [2.24, 2.45) is 5.92 Å². The van der Waals surface area contributed by atoms with Crippen LogP contribution in [-0.4, -0.2) is 39.9 Å². The van der Waals surface area contributed by atoms with E-state index in [2.05, 4.69) is 20.0 Å². The first kappa shape index (κ1) is 16.1. The van der Waals surface area contributed by atoms with Crippen molar-refractivity contribution >= 4 is 5.95 Å². The van der Waals surface area contributed by atoms with E-state index in [4.69, 9.17) is 4.74 Å². The normalized spacial score (nSPS) is 17.6. The molecule has 0 spiro atoms. The van der Waals surface area contributed by atoms with Crippen LogP contribution in [0.25, 0.3) is 0 Å². The Bertz CT molecular complexity index is 811. The molecule has 4 rings (SSSR count). The fourth-order valence-electron chi connectivity index (χ4n) is 3.73. The van der Waals surface area contributed by atoms with Crippen molar-refractivity contribution in [3.8, 4) is 5.88 Å². The second-order valence-electron chi connectivity index (χ2n) is 6.82. The van der Waals surface area contributed by atoms with Crippen LogP contribution in [0.1, 0.15) is 30.5 Å². The fraction of sp³-hybridized carbons (Fsp3) is 0.556. The molecule has 1 aliphatic carbocycles. The SMILES string of the molecule is COc1ccnc(N2CCC(Cn3nc4c(cc3=O)CCC4)CC2)n1. The van der Waals surface area contributed by atoms with E-state index in [1.165, 1.54) is 0 Å². The highest BCUT2D eigenvalue weighted by Gasteiger charge is 2.23. The van der Waals surface area contributed by atoms with E-state index in [0.717, 1.165) is 56.5 Å². The van der Waals surface area contributed by atoms with Gasteiger partial charge in [-0.2, -0.15) is 10.1 Å². The molecule has 7 heteroatoms. The van der Waals surface area contributed by atoms with Crippen LogP contribution in [0.15, 0.2) is 23.1 Å². The third-order valence-corrected chi connectivity index (χ3v) is 5.18. The first-order valence-corrected chi connectivity index (χ1v) is 8.95. The van der Waals surface area contributed by atoms with Gasteiger partial charge in [0, 0.05) is 38.0 Å². The quantitative estimate of drug-likeness (QED) is 0.838. The molecule has 0 saturated carbocycles. The fourth-order valence-corrected chi connectivity index (χ4v) is 3.73. The summed E-state index contributed by atoms with van der Waals surface area (Å²) in [6.45, 7) is 2.48. The van der Waals surface area contributed by atoms with Gasteiger partial charge in [-0.15, -0.1) is 0 Å². The van der Waals surface area contributed by atoms with E-state index >= 15 is 0 Å². The Hall–Kier alpha value is -2.44. The molecule has 0 atom stereocenters. The lowest BCUT2D eigenvalue weighted by molar-refractivity contribution is 0.331. The van der Waals surface area contributed by atoms with Crippen molar-refractivity contribution in [3.63, 3.8) is 0 Å². The summed E-state index contributed by atoms with van der Waals surface area (Å²) in [4.78, 5) is 23.2. The first-order chi connectivity index (χ1) is 12.2. The van der Waals surface area contributed by atoms with Crippen LogP contribution < -0.4 is 15.2 Å². The van der Waals surface area contributed by atoms with Crippen molar-refractivity contribution < 1.29 is 4.74 Å². The number of fused-ring (bicyclic) bond motifs is 1. The number of anilines is 1. The molecule has 0 unspecified atom stereocenters. The number of nitrogens with zero attached hydrogens (tertiary/aromatic N) is 5. The van der Waals surface area contributed by atoms with Crippen LogP contribution in [0.5, 0.6) is 5.88 Å². The zero-order chi connectivity index (χ0) is 17.2. The van der Waals surface area contributed by atoms with E-state index < -0.39 is 0 Å². The Balaban J connectivity index is 1.40. The number of aryl methyl sites for hydroxylation is 2. The van der Waals surface area contributed by atoms with E-state index in [9.17, 15) is 4.79 Å². The molecule has 2 aromatic rings. The second-order valence-corrected chi connectivity index (χ2v) is 6.82. The van der Waals surface area contributed by atoms with Crippen molar-refractivity contribution in [3.05, 3.63) is 39.9 Å². The van der Waals surface area contributed by atoms with Gasteiger partial charge >= 0.3 is 0 Å². The van der Waals surface area contributed by atoms with E-state index in [1.807, 2.05) is 0 Å². The molecular weight excluding hydrogens is 318 g/mol. The van der Waals surface area contributed by atoms with E-state index in [0.29, 0.717) is 24.3 Å². The average Bonchev–Trinajstić information content (AvgIpc) is 3.10. The number of hydrogen-bond acceptors (Lipinski definition) is 6. The molecule has 7 nitrogen and oxygen atoms in total. The van der Waals surface area contributed by atoms with Crippen LogP contribution in [-0.2, 0) is 19.4 Å². The van der Waals surface area contributed by atoms with Crippen molar-refractivity contribution in [2.45, 2.75) is 38.6 Å². The van der Waals surface area contributed by atoms with Crippen LogP contribution in [0.4, 0.5) is 5.95 Å². The summed E-state index contributed by atoms with van der Waals surface area (Å²) in [5.74, 6) is 1.76. The minimum atomic E-state index is 0.0409. The Morgan fingerprint density at radius 2 is 2.12 bits per heavy atom. The first-order valence-electron chi connectivity index (χ1n) is 8.95. The molecule has 2 aliphatic rings. The highest BCUT2D eigenvalue weighted by molar-refractivity contribution is 5.32. The molecular formula is C18H23N5O2. The minimum Gasteiger partial charge on any atom is -0.481 e. The van der Waals surface area contributed by atoms with Gasteiger partial charge in [-0.3, -0.25) is 4.79 Å². The van der Waals surface area contributed by atoms with Gasteiger partial charge in [0.1, 0.15) is 0 Å². The lowest BCUT2D eigenvalue weighted by Gasteiger charge is -2.32. The molecule has 1 fully saturated rings. The number of hydrogen-bond donors (Lipinski definition) is 0. The summed E-state index contributed by atoms with van der Waals surface area (Å²) in [7, 11) is 1.61. The monoisotopic (exact) mass is 341 g/mol. The van der Waals surface area contributed by atoms with Crippen LogP contribution in [0.2, 0.25) is 0 Å². The summed E-state index contributed by atoms with van der Waals surface area (Å²) < 4.78 is 6.84. The molecule has 3 heterocycles. The Morgan fingerprint density at radius 3 is 2.92 bits per heavy atom. The molecule has 1 saturated heterocycles. The van der Waals surface area contributed by atoms with Crippen molar-refractivity contribution in [1.29, 1.82) is 0 Å². The Labute approximate surface area is 146 Å². The molecule has 0 N–H and O–H groups in total. The molecule has 132 valence electrons. The number of piperidine rings is 1. The molecule has 0 amide bonds. The van der Waals surface area contributed by atoms with Gasteiger partial charge < -0.3 is 9.64 Å². The molecule has 25 heavy (non-hydrogen) atoms. The summed E-state index contributed by atoms with van der Waals surface area (Å²) >= 11 is 0. The largest absolute Gasteiger partial charge is 0.481 e. The molecule has 0 radical (unpaired) electrons. The molecule has 0 aromatic carbocycles. The van der Waals surface area contributed by atoms with Gasteiger partial charge in [0.25, 0.3) is 5.56 Å². The third kappa shape index (κ3) is 3.36. The van der Waals surface area contributed by atoms with Gasteiger partial charge in [0.05, 0.1) is 12.8 Å². The summed E-state index contributed by atoms with van der Waals surface area (Å²) in [5.41, 5.74) is 2.30. The highest BCUT2D eigenvalue weighted by Crippen LogP contribution is 2.23. The summed E-state index contributed by atoms with van der Waals surface area (Å²) in [6.07, 6.45) is 6.85. The minimum absolute atomic E-state index is 0.0409. The Kier molecular flexibility index (Phi) is 4.38. The maximum atomic E-state index is 12.3. The van der Waals surface area contributed by atoms with Gasteiger partial charge in [-0.25, -0.2) is 9.67 Å². The predicted molar refractivity (Wildman–Crippen MR) is 94.0 cm³/mol. The number of methoxy groups -OCH3 is 1. The number of ether oxygens (including phenoxy) is 1. The predicted octanol–water partition coefficient (Wildman–Crippen LogP) is 1.45. The van der Waals surface area contributed by atoms with Crippen LogP contribution >= 0.6 is 0 Å². The zero-order valence-electron chi connectivity index (χ0n) is 14.5. The summed E-state index contributed by atoms with van der Waals surface area (Å²) in [6, 6.07) is 3.54. The highest BCUT2D eigenvalue weighted by atomic mass is 16.5. The molecule has 2 aromatic heterocycles. The second kappa shape index (κ2) is 6.82. The lowest BCUT2D eigenvalue weighted by Crippen LogP contribution is -2.37. The van der Waals surface area contributed by atoms with E-state index in [-0.39, 0.29) is 5.56 Å². The number of rotatable bonds is 4. The van der Waals surface area contributed by atoms with Crippen LogP contribution in [0, 0.1) is 5.92 Å². The maximum absolute atomic E-state index is 12.3. The smallest absolute Gasteiger partial charge is 0.267 e. The van der Waals surface area contributed by atoms with Gasteiger partial charge in [-0.1, -0.05) is 0 Å². The van der Waals surface area contributed by atoms with E-state index in [1.54, 1.807) is 30.1 Å². The molecule has 1 aliphatic heterocycles. The number of aromatic nitrogens is 4. The third-order valence-electron chi connectivity index (χ3n) is 5.18.